The van der Waals surface area contributed by atoms with Crippen LogP contribution < -0.4 is 4.90 Å². The van der Waals surface area contributed by atoms with Crippen LogP contribution in [0.2, 0.25) is 0 Å². The SMILES string of the molecule is CCCCN(c1ccccc1)C(CC)c1ccccc1O. The minimum absolute atomic E-state index is 0.208. The van der Waals surface area contributed by atoms with Crippen molar-refractivity contribution in [2.24, 2.45) is 0 Å². The van der Waals surface area contributed by atoms with E-state index in [-0.39, 0.29) is 6.04 Å². The van der Waals surface area contributed by atoms with Crippen LogP contribution in [0.5, 0.6) is 5.75 Å². The molecule has 0 spiro atoms. The topological polar surface area (TPSA) is 23.5 Å². The Labute approximate surface area is 128 Å². The van der Waals surface area contributed by atoms with Crippen LogP contribution in [0.1, 0.15) is 44.7 Å². The molecule has 2 heteroatoms. The summed E-state index contributed by atoms with van der Waals surface area (Å²) >= 11 is 0. The summed E-state index contributed by atoms with van der Waals surface area (Å²) in [6.45, 7) is 5.40. The highest BCUT2D eigenvalue weighted by Crippen LogP contribution is 2.34. The maximum absolute atomic E-state index is 10.2. The minimum Gasteiger partial charge on any atom is -0.508 e. The number of para-hydroxylation sites is 2. The first-order valence-electron chi connectivity index (χ1n) is 7.87. The van der Waals surface area contributed by atoms with Crippen LogP contribution in [0, 0.1) is 0 Å². The van der Waals surface area contributed by atoms with E-state index in [0.29, 0.717) is 5.75 Å². The maximum Gasteiger partial charge on any atom is 0.120 e. The molecule has 0 radical (unpaired) electrons. The van der Waals surface area contributed by atoms with Crippen LogP contribution in [0.3, 0.4) is 0 Å². The van der Waals surface area contributed by atoms with Crippen molar-refractivity contribution in [1.82, 2.24) is 0 Å². The highest BCUT2D eigenvalue weighted by Gasteiger charge is 2.21. The third kappa shape index (κ3) is 3.78. The van der Waals surface area contributed by atoms with Gasteiger partial charge in [0.1, 0.15) is 5.75 Å². The molecular weight excluding hydrogens is 258 g/mol. The van der Waals surface area contributed by atoms with Gasteiger partial charge in [-0.15, -0.1) is 0 Å². The maximum atomic E-state index is 10.2. The zero-order valence-electron chi connectivity index (χ0n) is 13.0. The first-order valence-corrected chi connectivity index (χ1v) is 7.87. The van der Waals surface area contributed by atoms with E-state index in [1.54, 1.807) is 6.07 Å². The van der Waals surface area contributed by atoms with Gasteiger partial charge in [-0.3, -0.25) is 0 Å². The number of unbranched alkanes of at least 4 members (excludes halogenated alkanes) is 1. The van der Waals surface area contributed by atoms with Crippen molar-refractivity contribution < 1.29 is 5.11 Å². The van der Waals surface area contributed by atoms with E-state index in [9.17, 15) is 5.11 Å². The lowest BCUT2D eigenvalue weighted by Gasteiger charge is -2.34. The number of phenolic OH excluding ortho intramolecular Hbond substituents is 1. The van der Waals surface area contributed by atoms with Gasteiger partial charge in [-0.1, -0.05) is 56.7 Å². The molecule has 0 aliphatic rings. The van der Waals surface area contributed by atoms with Gasteiger partial charge in [-0.2, -0.15) is 0 Å². The van der Waals surface area contributed by atoms with E-state index < -0.39 is 0 Å². The Kier molecular flexibility index (Phi) is 5.68. The predicted octanol–water partition coefficient (Wildman–Crippen LogP) is 5.15. The van der Waals surface area contributed by atoms with E-state index >= 15 is 0 Å². The third-order valence-electron chi connectivity index (χ3n) is 3.90. The molecule has 0 saturated carbocycles. The Morgan fingerprint density at radius 2 is 1.62 bits per heavy atom. The van der Waals surface area contributed by atoms with Crippen molar-refractivity contribution in [1.29, 1.82) is 0 Å². The summed E-state index contributed by atoms with van der Waals surface area (Å²) < 4.78 is 0. The van der Waals surface area contributed by atoms with Crippen molar-refractivity contribution in [3.63, 3.8) is 0 Å². The molecule has 2 nitrogen and oxygen atoms in total. The fourth-order valence-corrected chi connectivity index (χ4v) is 2.79. The van der Waals surface area contributed by atoms with Gasteiger partial charge in [0.05, 0.1) is 6.04 Å². The molecule has 0 saturated heterocycles. The number of nitrogens with zero attached hydrogens (tertiary/aromatic N) is 1. The van der Waals surface area contributed by atoms with E-state index in [1.165, 1.54) is 12.1 Å². The number of hydrogen-bond donors (Lipinski definition) is 1. The Morgan fingerprint density at radius 3 is 2.24 bits per heavy atom. The first-order chi connectivity index (χ1) is 10.3. The summed E-state index contributed by atoms with van der Waals surface area (Å²) in [6.07, 6.45) is 3.29. The number of hydrogen-bond acceptors (Lipinski definition) is 2. The summed E-state index contributed by atoms with van der Waals surface area (Å²) in [5.74, 6) is 0.391. The molecule has 0 aromatic heterocycles. The lowest BCUT2D eigenvalue weighted by Crippen LogP contribution is -2.29. The largest absolute Gasteiger partial charge is 0.508 e. The summed E-state index contributed by atoms with van der Waals surface area (Å²) in [5.41, 5.74) is 2.24. The molecule has 0 heterocycles. The number of aromatic hydroxyl groups is 1. The number of benzene rings is 2. The predicted molar refractivity (Wildman–Crippen MR) is 89.8 cm³/mol. The normalized spacial score (nSPS) is 12.1. The summed E-state index contributed by atoms with van der Waals surface area (Å²) in [7, 11) is 0. The second kappa shape index (κ2) is 7.72. The Bertz CT molecular complexity index is 538. The van der Waals surface area contributed by atoms with Gasteiger partial charge in [0.15, 0.2) is 0 Å². The highest BCUT2D eigenvalue weighted by atomic mass is 16.3. The molecule has 2 rings (SSSR count). The number of anilines is 1. The molecular formula is C19H25NO. The minimum atomic E-state index is 0.208. The molecule has 0 fully saturated rings. The van der Waals surface area contributed by atoms with Crippen molar-refractivity contribution in [2.75, 3.05) is 11.4 Å². The summed E-state index contributed by atoms with van der Waals surface area (Å²) in [6, 6.07) is 18.4. The molecule has 2 aromatic carbocycles. The van der Waals surface area contributed by atoms with E-state index in [4.69, 9.17) is 0 Å². The second-order valence-corrected chi connectivity index (χ2v) is 5.37. The molecule has 0 bridgehead atoms. The van der Waals surface area contributed by atoms with Gasteiger partial charge in [0, 0.05) is 17.8 Å². The fraction of sp³-hybridized carbons (Fsp3) is 0.368. The van der Waals surface area contributed by atoms with Gasteiger partial charge >= 0.3 is 0 Å². The smallest absolute Gasteiger partial charge is 0.120 e. The Morgan fingerprint density at radius 1 is 0.952 bits per heavy atom. The molecule has 21 heavy (non-hydrogen) atoms. The quantitative estimate of drug-likeness (QED) is 0.759. The van der Waals surface area contributed by atoms with Crippen LogP contribution in [-0.2, 0) is 0 Å². The highest BCUT2D eigenvalue weighted by molar-refractivity contribution is 5.50. The molecule has 112 valence electrons. The average Bonchev–Trinajstić information content (AvgIpc) is 2.53. The van der Waals surface area contributed by atoms with Crippen LogP contribution >= 0.6 is 0 Å². The fourth-order valence-electron chi connectivity index (χ4n) is 2.79. The van der Waals surface area contributed by atoms with E-state index in [0.717, 1.165) is 24.9 Å². The Hall–Kier alpha value is -1.96. The van der Waals surface area contributed by atoms with Gasteiger partial charge in [0.25, 0.3) is 0 Å². The molecule has 0 aliphatic carbocycles. The summed E-state index contributed by atoms with van der Waals surface area (Å²) in [5, 5.41) is 10.2. The molecule has 1 N–H and O–H groups in total. The van der Waals surface area contributed by atoms with Crippen LogP contribution in [0.4, 0.5) is 5.69 Å². The molecule has 1 atom stereocenters. The van der Waals surface area contributed by atoms with Gasteiger partial charge in [-0.05, 0) is 31.0 Å². The lowest BCUT2D eigenvalue weighted by molar-refractivity contribution is 0.454. The van der Waals surface area contributed by atoms with Gasteiger partial charge in [0.2, 0.25) is 0 Å². The van der Waals surface area contributed by atoms with E-state index in [1.807, 2.05) is 24.3 Å². The van der Waals surface area contributed by atoms with Crippen molar-refractivity contribution in [2.45, 2.75) is 39.2 Å². The lowest BCUT2D eigenvalue weighted by atomic mass is 10.00. The van der Waals surface area contributed by atoms with E-state index in [2.05, 4.69) is 43.0 Å². The third-order valence-corrected chi connectivity index (χ3v) is 3.90. The molecule has 0 aliphatic heterocycles. The first kappa shape index (κ1) is 15.4. The van der Waals surface area contributed by atoms with Crippen LogP contribution in [-0.4, -0.2) is 11.7 Å². The number of rotatable bonds is 7. The number of phenols is 1. The standard InChI is InChI=1S/C19H25NO/c1-3-5-15-20(16-11-7-6-8-12-16)18(4-2)17-13-9-10-14-19(17)21/h6-14,18,21H,3-5,15H2,1-2H3. The molecule has 2 aromatic rings. The molecule has 1 unspecified atom stereocenters. The van der Waals surface area contributed by atoms with Crippen molar-refractivity contribution in [3.05, 3.63) is 60.2 Å². The molecule has 0 amide bonds. The summed E-state index contributed by atoms with van der Waals surface area (Å²) in [4.78, 5) is 2.42. The van der Waals surface area contributed by atoms with Crippen molar-refractivity contribution in [3.8, 4) is 5.75 Å². The zero-order chi connectivity index (χ0) is 15.1. The Balaban J connectivity index is 2.36. The van der Waals surface area contributed by atoms with Gasteiger partial charge < -0.3 is 10.0 Å². The van der Waals surface area contributed by atoms with Crippen molar-refractivity contribution >= 4 is 5.69 Å². The second-order valence-electron chi connectivity index (χ2n) is 5.37. The van der Waals surface area contributed by atoms with Crippen LogP contribution in [0.25, 0.3) is 0 Å². The van der Waals surface area contributed by atoms with Crippen LogP contribution in [0.15, 0.2) is 54.6 Å². The average molecular weight is 283 g/mol. The monoisotopic (exact) mass is 283 g/mol. The zero-order valence-corrected chi connectivity index (χ0v) is 13.0. The van der Waals surface area contributed by atoms with Gasteiger partial charge in [-0.25, -0.2) is 0 Å².